The predicted octanol–water partition coefficient (Wildman–Crippen LogP) is 4.66. The highest BCUT2D eigenvalue weighted by atomic mass is 35.5. The second kappa shape index (κ2) is 10.0. The number of hydrogen-bond donors (Lipinski definition) is 3. The third-order valence-electron chi connectivity index (χ3n) is 3.71. The molecule has 0 unspecified atom stereocenters. The van der Waals surface area contributed by atoms with Crippen molar-refractivity contribution in [3.8, 4) is 5.75 Å². The summed E-state index contributed by atoms with van der Waals surface area (Å²) in [6.07, 6.45) is 0.227. The molecule has 0 radical (unpaired) electrons. The van der Waals surface area contributed by atoms with Gasteiger partial charge in [0.1, 0.15) is 11.4 Å². The van der Waals surface area contributed by atoms with Gasteiger partial charge in [0.15, 0.2) is 5.96 Å². The lowest BCUT2D eigenvalue weighted by Crippen LogP contribution is -2.27. The molecule has 0 aliphatic heterocycles. The van der Waals surface area contributed by atoms with Crippen LogP contribution in [0.4, 0.5) is 16.2 Å². The van der Waals surface area contributed by atoms with Crippen LogP contribution in [0.15, 0.2) is 47.5 Å². The zero-order valence-corrected chi connectivity index (χ0v) is 17.8. The normalized spacial score (nSPS) is 11.7. The molecule has 0 aliphatic carbocycles. The van der Waals surface area contributed by atoms with E-state index < -0.39 is 11.7 Å². The highest BCUT2D eigenvalue weighted by Gasteiger charge is 2.16. The van der Waals surface area contributed by atoms with Gasteiger partial charge in [0.05, 0.1) is 12.1 Å². The van der Waals surface area contributed by atoms with Crippen molar-refractivity contribution in [2.45, 2.75) is 32.8 Å². The summed E-state index contributed by atoms with van der Waals surface area (Å²) in [4.78, 5) is 16.1. The Balaban J connectivity index is 1.83. The van der Waals surface area contributed by atoms with Crippen molar-refractivity contribution in [3.63, 3.8) is 0 Å². The molecule has 0 spiro atoms. The Kier molecular flexibility index (Phi) is 7.73. The van der Waals surface area contributed by atoms with Crippen molar-refractivity contribution in [2.24, 2.45) is 10.7 Å². The van der Waals surface area contributed by atoms with E-state index in [2.05, 4.69) is 15.6 Å². The fourth-order valence-electron chi connectivity index (χ4n) is 2.41. The summed E-state index contributed by atoms with van der Waals surface area (Å²) in [5.41, 5.74) is 7.86. The fraction of sp³-hybridized carbons (Fsp3) is 0.333. The molecular formula is C21H27ClN4O3. The summed E-state index contributed by atoms with van der Waals surface area (Å²) in [5, 5.41) is 6.19. The van der Waals surface area contributed by atoms with Gasteiger partial charge in [-0.3, -0.25) is 10.3 Å². The lowest BCUT2D eigenvalue weighted by molar-refractivity contribution is 0.0636. The summed E-state index contributed by atoms with van der Waals surface area (Å²) in [7, 11) is 1.56. The quantitative estimate of drug-likeness (QED) is 0.468. The molecule has 0 atom stereocenters. The van der Waals surface area contributed by atoms with Gasteiger partial charge in [-0.05, 0) is 63.1 Å². The van der Waals surface area contributed by atoms with E-state index in [-0.39, 0.29) is 0 Å². The maximum Gasteiger partial charge on any atom is 0.412 e. The van der Waals surface area contributed by atoms with E-state index in [9.17, 15) is 4.79 Å². The number of ether oxygens (including phenoxy) is 2. The number of benzene rings is 2. The van der Waals surface area contributed by atoms with Crippen LogP contribution in [0.5, 0.6) is 5.75 Å². The first-order valence-electron chi connectivity index (χ1n) is 9.16. The van der Waals surface area contributed by atoms with Gasteiger partial charge >= 0.3 is 6.09 Å². The van der Waals surface area contributed by atoms with E-state index in [1.54, 1.807) is 19.2 Å². The predicted molar refractivity (Wildman–Crippen MR) is 118 cm³/mol. The fourth-order valence-corrected chi connectivity index (χ4v) is 2.67. The standard InChI is InChI=1S/C21H27ClN4O3/c1-21(2,3)29-20(27)26-15-7-5-14(6-8-15)11-12-24-19(23)25-16-9-10-18(28-4)17(22)13-16/h5-10,13H,11-12H2,1-4H3,(H,26,27)(H3,23,24,25). The first kappa shape index (κ1) is 22.4. The van der Waals surface area contributed by atoms with Crippen LogP contribution in [0.2, 0.25) is 5.02 Å². The van der Waals surface area contributed by atoms with Crippen LogP contribution in [0.25, 0.3) is 0 Å². The molecule has 0 saturated carbocycles. The number of nitrogens with zero attached hydrogens (tertiary/aromatic N) is 1. The van der Waals surface area contributed by atoms with Gasteiger partial charge in [0.25, 0.3) is 0 Å². The number of halogens is 1. The smallest absolute Gasteiger partial charge is 0.412 e. The molecule has 156 valence electrons. The Hall–Kier alpha value is -2.93. The third-order valence-corrected chi connectivity index (χ3v) is 4.00. The second-order valence-corrected chi connectivity index (χ2v) is 7.72. The van der Waals surface area contributed by atoms with Gasteiger partial charge in [-0.25, -0.2) is 4.79 Å². The van der Waals surface area contributed by atoms with Crippen molar-refractivity contribution in [1.29, 1.82) is 0 Å². The van der Waals surface area contributed by atoms with E-state index in [0.717, 1.165) is 11.3 Å². The molecule has 0 fully saturated rings. The third kappa shape index (κ3) is 7.91. The number of methoxy groups -OCH3 is 1. The summed E-state index contributed by atoms with van der Waals surface area (Å²) in [6, 6.07) is 12.8. The average Bonchev–Trinajstić information content (AvgIpc) is 2.62. The van der Waals surface area contributed by atoms with Crippen molar-refractivity contribution in [2.75, 3.05) is 24.3 Å². The molecule has 1 amide bonds. The monoisotopic (exact) mass is 418 g/mol. The molecule has 2 aromatic carbocycles. The van der Waals surface area contributed by atoms with Crippen LogP contribution in [-0.2, 0) is 11.2 Å². The Morgan fingerprint density at radius 1 is 1.10 bits per heavy atom. The van der Waals surface area contributed by atoms with E-state index in [1.165, 1.54) is 0 Å². The van der Waals surface area contributed by atoms with Gasteiger partial charge in [-0.15, -0.1) is 0 Å². The number of amides is 1. The molecule has 2 aromatic rings. The number of anilines is 2. The maximum atomic E-state index is 11.8. The molecule has 4 N–H and O–H groups in total. The van der Waals surface area contributed by atoms with Gasteiger partial charge in [-0.1, -0.05) is 23.7 Å². The number of hydrogen-bond acceptors (Lipinski definition) is 4. The number of carbonyl (C=O) groups is 1. The molecule has 0 heterocycles. The molecule has 2 rings (SSSR count). The van der Waals surface area contributed by atoms with Crippen LogP contribution >= 0.6 is 11.6 Å². The van der Waals surface area contributed by atoms with Gasteiger partial charge in [0, 0.05) is 17.9 Å². The van der Waals surface area contributed by atoms with E-state index in [1.807, 2.05) is 51.1 Å². The average molecular weight is 419 g/mol. The van der Waals surface area contributed by atoms with E-state index in [0.29, 0.717) is 35.4 Å². The lowest BCUT2D eigenvalue weighted by atomic mass is 10.1. The molecule has 0 bridgehead atoms. The van der Waals surface area contributed by atoms with Crippen LogP contribution in [0.3, 0.4) is 0 Å². The number of rotatable bonds is 6. The highest BCUT2D eigenvalue weighted by Crippen LogP contribution is 2.27. The van der Waals surface area contributed by atoms with Crippen molar-refractivity contribution in [1.82, 2.24) is 0 Å². The van der Waals surface area contributed by atoms with Gasteiger partial charge in [0.2, 0.25) is 0 Å². The number of carbonyl (C=O) groups excluding carboxylic acids is 1. The Bertz CT molecular complexity index is 861. The minimum atomic E-state index is -0.535. The van der Waals surface area contributed by atoms with Crippen molar-refractivity contribution < 1.29 is 14.3 Å². The van der Waals surface area contributed by atoms with E-state index in [4.69, 9.17) is 26.8 Å². The molecular weight excluding hydrogens is 392 g/mol. The summed E-state index contributed by atoms with van der Waals surface area (Å²) in [5.74, 6) is 0.895. The van der Waals surface area contributed by atoms with Crippen LogP contribution < -0.4 is 21.1 Å². The number of nitrogens with one attached hydrogen (secondary N) is 2. The molecule has 8 heteroatoms. The SMILES string of the molecule is COc1ccc(NC(N)=NCCc2ccc(NC(=O)OC(C)(C)C)cc2)cc1Cl. The minimum absolute atomic E-state index is 0.300. The largest absolute Gasteiger partial charge is 0.495 e. The number of aliphatic imine (C=N–C) groups is 1. The highest BCUT2D eigenvalue weighted by molar-refractivity contribution is 6.32. The number of guanidine groups is 1. The van der Waals surface area contributed by atoms with Crippen molar-refractivity contribution >= 4 is 35.0 Å². The Morgan fingerprint density at radius 2 is 1.76 bits per heavy atom. The summed E-state index contributed by atoms with van der Waals surface area (Å²) < 4.78 is 10.3. The molecule has 0 aliphatic rings. The summed E-state index contributed by atoms with van der Waals surface area (Å²) in [6.45, 7) is 5.97. The zero-order chi connectivity index (χ0) is 21.4. The minimum Gasteiger partial charge on any atom is -0.495 e. The number of nitrogens with two attached hydrogens (primary N) is 1. The first-order valence-corrected chi connectivity index (χ1v) is 9.53. The van der Waals surface area contributed by atoms with Crippen molar-refractivity contribution in [3.05, 3.63) is 53.1 Å². The second-order valence-electron chi connectivity index (χ2n) is 7.32. The summed E-state index contributed by atoms with van der Waals surface area (Å²) >= 11 is 6.09. The Morgan fingerprint density at radius 3 is 2.34 bits per heavy atom. The van der Waals surface area contributed by atoms with Gasteiger partial charge < -0.3 is 20.5 Å². The zero-order valence-electron chi connectivity index (χ0n) is 17.1. The Labute approximate surface area is 176 Å². The molecule has 0 saturated heterocycles. The molecule has 0 aromatic heterocycles. The maximum absolute atomic E-state index is 11.8. The molecule has 7 nitrogen and oxygen atoms in total. The van der Waals surface area contributed by atoms with Gasteiger partial charge in [-0.2, -0.15) is 0 Å². The van der Waals surface area contributed by atoms with Crippen LogP contribution in [0, 0.1) is 0 Å². The topological polar surface area (TPSA) is 98.0 Å². The van der Waals surface area contributed by atoms with Crippen LogP contribution in [-0.4, -0.2) is 31.3 Å². The first-order chi connectivity index (χ1) is 13.7. The van der Waals surface area contributed by atoms with E-state index >= 15 is 0 Å². The van der Waals surface area contributed by atoms with Crippen LogP contribution in [0.1, 0.15) is 26.3 Å². The lowest BCUT2D eigenvalue weighted by Gasteiger charge is -2.19. The molecule has 29 heavy (non-hydrogen) atoms.